The summed E-state index contributed by atoms with van der Waals surface area (Å²) in [6, 6.07) is 9.98. The third kappa shape index (κ3) is 3.06. The number of benzene rings is 2. The minimum atomic E-state index is 0.542. The van der Waals surface area contributed by atoms with Gasteiger partial charge in [-0.3, -0.25) is 0 Å². The number of halogens is 1. The fraction of sp³-hybridized carbons (Fsp3) is 0.250. The second-order valence-corrected chi connectivity index (χ2v) is 6.30. The van der Waals surface area contributed by atoms with Crippen molar-refractivity contribution in [2.75, 3.05) is 18.9 Å². The third-order valence-corrected chi connectivity index (χ3v) is 4.76. The Labute approximate surface area is 133 Å². The van der Waals surface area contributed by atoms with Crippen molar-refractivity contribution in [3.63, 3.8) is 0 Å². The number of aryl methyl sites for hydroxylation is 1. The van der Waals surface area contributed by atoms with Crippen LogP contribution in [-0.2, 0) is 5.75 Å². The minimum absolute atomic E-state index is 0.542. The Morgan fingerprint density at radius 1 is 1.24 bits per heavy atom. The van der Waals surface area contributed by atoms with E-state index in [9.17, 15) is 0 Å². The summed E-state index contributed by atoms with van der Waals surface area (Å²) in [5.74, 6) is 2.15. The smallest absolute Gasteiger partial charge is 0.179 e. The molecular weight excluding hydrogens is 306 g/mol. The van der Waals surface area contributed by atoms with Crippen LogP contribution in [0.3, 0.4) is 0 Å². The molecule has 1 aliphatic rings. The van der Waals surface area contributed by atoms with E-state index in [0.29, 0.717) is 24.0 Å². The number of nitrogen functional groups attached to an aromatic ring is 1. The molecule has 0 atom stereocenters. The molecule has 1 aliphatic heterocycles. The fourth-order valence-corrected chi connectivity index (χ4v) is 3.46. The number of hydrogen-bond donors (Lipinski definition) is 1. The average molecular weight is 322 g/mol. The van der Waals surface area contributed by atoms with Gasteiger partial charge < -0.3 is 15.2 Å². The van der Waals surface area contributed by atoms with Crippen molar-refractivity contribution >= 4 is 29.1 Å². The standard InChI is InChI=1S/C16H16ClNO2S/c1-10-3-2-4-14(15(10)18)21-9-11-7-12(17)16-13(8-11)19-5-6-20-16/h2-4,7-8H,5-6,9,18H2,1H3. The lowest BCUT2D eigenvalue weighted by Gasteiger charge is -2.20. The van der Waals surface area contributed by atoms with Gasteiger partial charge in [0.1, 0.15) is 13.2 Å². The van der Waals surface area contributed by atoms with Crippen LogP contribution in [0.4, 0.5) is 5.69 Å². The van der Waals surface area contributed by atoms with E-state index in [1.54, 1.807) is 11.8 Å². The SMILES string of the molecule is Cc1cccc(SCc2cc(Cl)c3c(c2)OCCO3)c1N. The first-order chi connectivity index (χ1) is 10.1. The monoisotopic (exact) mass is 321 g/mol. The highest BCUT2D eigenvalue weighted by atomic mass is 35.5. The molecule has 1 heterocycles. The lowest BCUT2D eigenvalue weighted by atomic mass is 10.2. The van der Waals surface area contributed by atoms with Crippen LogP contribution < -0.4 is 15.2 Å². The molecule has 2 aromatic carbocycles. The van der Waals surface area contributed by atoms with Crippen molar-refractivity contribution < 1.29 is 9.47 Å². The molecular formula is C16H16ClNO2S. The van der Waals surface area contributed by atoms with Gasteiger partial charge in [-0.1, -0.05) is 23.7 Å². The first-order valence-electron chi connectivity index (χ1n) is 6.71. The number of hydrogen-bond acceptors (Lipinski definition) is 4. The van der Waals surface area contributed by atoms with Crippen molar-refractivity contribution in [1.29, 1.82) is 0 Å². The van der Waals surface area contributed by atoms with E-state index in [0.717, 1.165) is 33.2 Å². The Bertz CT molecular complexity index is 676. The molecule has 0 bridgehead atoms. The summed E-state index contributed by atoms with van der Waals surface area (Å²) in [4.78, 5) is 1.08. The summed E-state index contributed by atoms with van der Waals surface area (Å²) in [5, 5.41) is 0.597. The van der Waals surface area contributed by atoms with E-state index in [4.69, 9.17) is 26.8 Å². The first kappa shape index (κ1) is 14.4. The van der Waals surface area contributed by atoms with Crippen LogP contribution in [0.25, 0.3) is 0 Å². The van der Waals surface area contributed by atoms with Gasteiger partial charge >= 0.3 is 0 Å². The molecule has 3 rings (SSSR count). The molecule has 5 heteroatoms. The van der Waals surface area contributed by atoms with Crippen LogP contribution in [-0.4, -0.2) is 13.2 Å². The molecule has 0 aromatic heterocycles. The Kier molecular flexibility index (Phi) is 4.17. The molecule has 0 spiro atoms. The molecule has 2 aromatic rings. The van der Waals surface area contributed by atoms with Gasteiger partial charge in [-0.2, -0.15) is 0 Å². The fourth-order valence-electron chi connectivity index (χ4n) is 2.19. The zero-order chi connectivity index (χ0) is 14.8. The number of para-hydroxylation sites is 1. The maximum Gasteiger partial charge on any atom is 0.179 e. The lowest BCUT2D eigenvalue weighted by Crippen LogP contribution is -2.15. The summed E-state index contributed by atoms with van der Waals surface area (Å²) >= 11 is 7.94. The third-order valence-electron chi connectivity index (χ3n) is 3.34. The number of ether oxygens (including phenoxy) is 2. The topological polar surface area (TPSA) is 44.5 Å². The van der Waals surface area contributed by atoms with E-state index in [-0.39, 0.29) is 0 Å². The van der Waals surface area contributed by atoms with Gasteiger partial charge in [-0.05, 0) is 36.2 Å². The van der Waals surface area contributed by atoms with Gasteiger partial charge in [-0.15, -0.1) is 11.8 Å². The quantitative estimate of drug-likeness (QED) is 0.676. The van der Waals surface area contributed by atoms with Gasteiger partial charge in [0.2, 0.25) is 0 Å². The molecule has 0 saturated heterocycles. The summed E-state index contributed by atoms with van der Waals surface area (Å²) in [7, 11) is 0. The summed E-state index contributed by atoms with van der Waals surface area (Å²) < 4.78 is 11.1. The van der Waals surface area contributed by atoms with Crippen LogP contribution in [0.15, 0.2) is 35.2 Å². The molecule has 0 radical (unpaired) electrons. The molecule has 0 unspecified atom stereocenters. The summed E-state index contributed by atoms with van der Waals surface area (Å²) in [5.41, 5.74) is 9.13. The van der Waals surface area contributed by atoms with Crippen molar-refractivity contribution in [2.24, 2.45) is 0 Å². The van der Waals surface area contributed by atoms with Crippen molar-refractivity contribution in [3.05, 3.63) is 46.5 Å². The molecule has 3 nitrogen and oxygen atoms in total. The Morgan fingerprint density at radius 2 is 2.05 bits per heavy atom. The summed E-state index contributed by atoms with van der Waals surface area (Å²) in [6.45, 7) is 3.12. The van der Waals surface area contributed by atoms with E-state index in [1.807, 2.05) is 37.3 Å². The second-order valence-electron chi connectivity index (χ2n) is 4.88. The highest BCUT2D eigenvalue weighted by Crippen LogP contribution is 2.40. The first-order valence-corrected chi connectivity index (χ1v) is 8.07. The van der Waals surface area contributed by atoms with E-state index >= 15 is 0 Å². The number of fused-ring (bicyclic) bond motifs is 1. The van der Waals surface area contributed by atoms with Crippen LogP contribution in [0.1, 0.15) is 11.1 Å². The summed E-state index contributed by atoms with van der Waals surface area (Å²) in [6.07, 6.45) is 0. The highest BCUT2D eigenvalue weighted by Gasteiger charge is 2.16. The predicted molar refractivity (Wildman–Crippen MR) is 87.6 cm³/mol. The van der Waals surface area contributed by atoms with Crippen molar-refractivity contribution in [1.82, 2.24) is 0 Å². The predicted octanol–water partition coefficient (Wildman–Crippen LogP) is 4.29. The van der Waals surface area contributed by atoms with Crippen molar-refractivity contribution in [3.8, 4) is 11.5 Å². The number of thioether (sulfide) groups is 1. The molecule has 2 N–H and O–H groups in total. The normalized spacial score (nSPS) is 13.2. The molecule has 0 amide bonds. The maximum absolute atomic E-state index is 6.25. The largest absolute Gasteiger partial charge is 0.486 e. The van der Waals surface area contributed by atoms with E-state index in [1.165, 1.54) is 0 Å². The highest BCUT2D eigenvalue weighted by molar-refractivity contribution is 7.98. The molecule has 21 heavy (non-hydrogen) atoms. The van der Waals surface area contributed by atoms with Crippen LogP contribution in [0, 0.1) is 6.92 Å². The Hall–Kier alpha value is -1.52. The zero-order valence-corrected chi connectivity index (χ0v) is 13.3. The molecule has 110 valence electrons. The minimum Gasteiger partial charge on any atom is -0.486 e. The van der Waals surface area contributed by atoms with Gasteiger partial charge in [0.05, 0.1) is 5.02 Å². The van der Waals surface area contributed by atoms with Crippen LogP contribution in [0.2, 0.25) is 5.02 Å². The molecule has 0 fully saturated rings. The van der Waals surface area contributed by atoms with E-state index in [2.05, 4.69) is 0 Å². The van der Waals surface area contributed by atoms with E-state index < -0.39 is 0 Å². The van der Waals surface area contributed by atoms with Gasteiger partial charge in [0, 0.05) is 16.3 Å². The van der Waals surface area contributed by atoms with Crippen molar-refractivity contribution in [2.45, 2.75) is 17.6 Å². The lowest BCUT2D eigenvalue weighted by molar-refractivity contribution is 0.171. The Balaban J connectivity index is 1.79. The second kappa shape index (κ2) is 6.08. The van der Waals surface area contributed by atoms with Crippen LogP contribution >= 0.6 is 23.4 Å². The Morgan fingerprint density at radius 3 is 2.90 bits per heavy atom. The van der Waals surface area contributed by atoms with Gasteiger partial charge in [0.15, 0.2) is 11.5 Å². The molecule has 0 aliphatic carbocycles. The van der Waals surface area contributed by atoms with Gasteiger partial charge in [-0.25, -0.2) is 0 Å². The molecule has 0 saturated carbocycles. The average Bonchev–Trinajstić information content (AvgIpc) is 2.49. The number of rotatable bonds is 3. The van der Waals surface area contributed by atoms with Crippen LogP contribution in [0.5, 0.6) is 11.5 Å². The number of anilines is 1. The number of nitrogens with two attached hydrogens (primary N) is 1. The zero-order valence-electron chi connectivity index (χ0n) is 11.7. The maximum atomic E-state index is 6.25. The van der Waals surface area contributed by atoms with Gasteiger partial charge in [0.25, 0.3) is 0 Å².